The lowest BCUT2D eigenvalue weighted by molar-refractivity contribution is 0.634. The van der Waals surface area contributed by atoms with Crippen LogP contribution in [-0.4, -0.2) is 31.5 Å². The molecule has 19 heavy (non-hydrogen) atoms. The smallest absolute Gasteiger partial charge is 0.243 e. The Balaban J connectivity index is 1.92. The fourth-order valence-electron chi connectivity index (χ4n) is 1.80. The standard InChI is InChI=1S/C12H19N7/c1-3-10-11(4-2)17-18-12(16-10)14-5-6-19-8-9(13)7-15-19/h7-8H,3-6,13H2,1-2H3,(H,14,16,18). The number of aromatic nitrogens is 5. The van der Waals surface area contributed by atoms with Crippen LogP contribution in [0, 0.1) is 0 Å². The van der Waals surface area contributed by atoms with Crippen molar-refractivity contribution in [2.45, 2.75) is 33.2 Å². The second kappa shape index (κ2) is 6.12. The van der Waals surface area contributed by atoms with Gasteiger partial charge in [0.1, 0.15) is 0 Å². The molecule has 0 aliphatic rings. The van der Waals surface area contributed by atoms with Gasteiger partial charge in [0.05, 0.1) is 29.8 Å². The van der Waals surface area contributed by atoms with Crippen molar-refractivity contribution in [3.05, 3.63) is 23.8 Å². The Morgan fingerprint density at radius 2 is 2.00 bits per heavy atom. The minimum atomic E-state index is 0.564. The average Bonchev–Trinajstić information content (AvgIpc) is 2.84. The van der Waals surface area contributed by atoms with Crippen molar-refractivity contribution in [1.82, 2.24) is 25.0 Å². The predicted molar refractivity (Wildman–Crippen MR) is 73.7 cm³/mol. The van der Waals surface area contributed by atoms with Crippen molar-refractivity contribution in [3.63, 3.8) is 0 Å². The van der Waals surface area contributed by atoms with E-state index in [0.717, 1.165) is 24.2 Å². The number of hydrogen-bond donors (Lipinski definition) is 2. The van der Waals surface area contributed by atoms with Crippen LogP contribution in [0.25, 0.3) is 0 Å². The first-order valence-electron chi connectivity index (χ1n) is 6.47. The molecule has 2 rings (SSSR count). The quantitative estimate of drug-likeness (QED) is 0.801. The zero-order valence-electron chi connectivity index (χ0n) is 11.3. The van der Waals surface area contributed by atoms with E-state index < -0.39 is 0 Å². The second-order valence-corrected chi connectivity index (χ2v) is 4.20. The molecule has 2 aromatic rings. The molecular formula is C12H19N7. The summed E-state index contributed by atoms with van der Waals surface area (Å²) < 4.78 is 1.77. The molecule has 2 aromatic heterocycles. The summed E-state index contributed by atoms with van der Waals surface area (Å²) in [4.78, 5) is 4.46. The molecular weight excluding hydrogens is 242 g/mol. The van der Waals surface area contributed by atoms with E-state index in [9.17, 15) is 0 Å². The van der Waals surface area contributed by atoms with Gasteiger partial charge >= 0.3 is 0 Å². The molecule has 2 heterocycles. The Kier molecular flexibility index (Phi) is 4.27. The van der Waals surface area contributed by atoms with Crippen LogP contribution in [0.2, 0.25) is 0 Å². The van der Waals surface area contributed by atoms with Gasteiger partial charge in [-0.3, -0.25) is 4.68 Å². The molecule has 7 nitrogen and oxygen atoms in total. The Morgan fingerprint density at radius 1 is 1.21 bits per heavy atom. The lowest BCUT2D eigenvalue weighted by Crippen LogP contribution is -2.14. The number of nitrogen functional groups attached to an aromatic ring is 1. The molecule has 102 valence electrons. The van der Waals surface area contributed by atoms with E-state index in [4.69, 9.17) is 5.73 Å². The number of nitrogens with two attached hydrogens (primary N) is 1. The van der Waals surface area contributed by atoms with Crippen molar-refractivity contribution in [2.75, 3.05) is 17.6 Å². The highest BCUT2D eigenvalue weighted by Crippen LogP contribution is 2.06. The molecule has 0 spiro atoms. The van der Waals surface area contributed by atoms with E-state index in [-0.39, 0.29) is 0 Å². The van der Waals surface area contributed by atoms with Crippen molar-refractivity contribution >= 4 is 11.6 Å². The van der Waals surface area contributed by atoms with Crippen LogP contribution in [-0.2, 0) is 19.4 Å². The molecule has 0 atom stereocenters. The van der Waals surface area contributed by atoms with Gasteiger partial charge in [-0.25, -0.2) is 4.98 Å². The largest absolute Gasteiger partial charge is 0.396 e. The summed E-state index contributed by atoms with van der Waals surface area (Å²) in [6, 6.07) is 0. The summed E-state index contributed by atoms with van der Waals surface area (Å²) in [6.07, 6.45) is 5.14. The number of hydrogen-bond acceptors (Lipinski definition) is 6. The third-order valence-electron chi connectivity index (χ3n) is 2.79. The second-order valence-electron chi connectivity index (χ2n) is 4.20. The van der Waals surface area contributed by atoms with E-state index in [1.807, 2.05) is 0 Å². The highest BCUT2D eigenvalue weighted by atomic mass is 15.3. The van der Waals surface area contributed by atoms with E-state index in [1.165, 1.54) is 0 Å². The SMILES string of the molecule is CCc1nnc(NCCn2cc(N)cn2)nc1CC. The first-order valence-corrected chi connectivity index (χ1v) is 6.47. The Hall–Kier alpha value is -2.18. The monoisotopic (exact) mass is 261 g/mol. The average molecular weight is 261 g/mol. The third-order valence-corrected chi connectivity index (χ3v) is 2.79. The van der Waals surface area contributed by atoms with Gasteiger partial charge in [0, 0.05) is 12.7 Å². The van der Waals surface area contributed by atoms with Crippen LogP contribution < -0.4 is 11.1 Å². The van der Waals surface area contributed by atoms with Gasteiger partial charge in [-0.15, -0.1) is 5.10 Å². The first-order chi connectivity index (χ1) is 9.22. The lowest BCUT2D eigenvalue weighted by atomic mass is 10.2. The third kappa shape index (κ3) is 3.40. The topological polar surface area (TPSA) is 94.5 Å². The molecule has 7 heteroatoms. The van der Waals surface area contributed by atoms with E-state index in [1.54, 1.807) is 17.1 Å². The summed E-state index contributed by atoms with van der Waals surface area (Å²) >= 11 is 0. The number of aryl methyl sites for hydroxylation is 2. The molecule has 0 fully saturated rings. The number of nitrogens with one attached hydrogen (secondary N) is 1. The fourth-order valence-corrected chi connectivity index (χ4v) is 1.80. The van der Waals surface area contributed by atoms with Crippen LogP contribution in [0.4, 0.5) is 11.6 Å². The minimum absolute atomic E-state index is 0.564. The molecule has 0 amide bonds. The number of rotatable bonds is 6. The Bertz CT molecular complexity index is 535. The van der Waals surface area contributed by atoms with E-state index in [0.29, 0.717) is 24.7 Å². The lowest BCUT2D eigenvalue weighted by Gasteiger charge is -2.07. The van der Waals surface area contributed by atoms with Crippen molar-refractivity contribution in [3.8, 4) is 0 Å². The number of anilines is 2. The molecule has 0 radical (unpaired) electrons. The van der Waals surface area contributed by atoms with Crippen LogP contribution in [0.5, 0.6) is 0 Å². The normalized spacial score (nSPS) is 10.6. The molecule has 0 aliphatic heterocycles. The maximum absolute atomic E-state index is 5.59. The zero-order chi connectivity index (χ0) is 13.7. The molecule has 0 saturated heterocycles. The van der Waals surface area contributed by atoms with Gasteiger partial charge in [0.25, 0.3) is 0 Å². The molecule has 0 aliphatic carbocycles. The van der Waals surface area contributed by atoms with Gasteiger partial charge in [0.15, 0.2) is 0 Å². The van der Waals surface area contributed by atoms with Gasteiger partial charge in [-0.2, -0.15) is 10.2 Å². The molecule has 0 aromatic carbocycles. The molecule has 0 bridgehead atoms. The Morgan fingerprint density at radius 3 is 2.63 bits per heavy atom. The van der Waals surface area contributed by atoms with E-state index in [2.05, 4.69) is 39.4 Å². The predicted octanol–water partition coefficient (Wildman–Crippen LogP) is 0.887. The zero-order valence-corrected chi connectivity index (χ0v) is 11.3. The maximum atomic E-state index is 5.59. The summed E-state index contributed by atoms with van der Waals surface area (Å²) in [5.74, 6) is 0.564. The van der Waals surface area contributed by atoms with Gasteiger partial charge in [-0.1, -0.05) is 13.8 Å². The van der Waals surface area contributed by atoms with Crippen LogP contribution >= 0.6 is 0 Å². The Labute approximate surface area is 112 Å². The summed E-state index contributed by atoms with van der Waals surface area (Å²) in [5, 5.41) is 15.5. The van der Waals surface area contributed by atoms with Gasteiger partial charge in [0.2, 0.25) is 5.95 Å². The molecule has 0 unspecified atom stereocenters. The number of nitrogens with zero attached hydrogens (tertiary/aromatic N) is 5. The summed E-state index contributed by atoms with van der Waals surface area (Å²) in [6.45, 7) is 5.51. The van der Waals surface area contributed by atoms with Crippen molar-refractivity contribution in [2.24, 2.45) is 0 Å². The minimum Gasteiger partial charge on any atom is -0.396 e. The maximum Gasteiger partial charge on any atom is 0.243 e. The van der Waals surface area contributed by atoms with Gasteiger partial charge in [-0.05, 0) is 12.8 Å². The summed E-state index contributed by atoms with van der Waals surface area (Å²) in [7, 11) is 0. The summed E-state index contributed by atoms with van der Waals surface area (Å²) in [5.41, 5.74) is 8.23. The van der Waals surface area contributed by atoms with Crippen molar-refractivity contribution < 1.29 is 0 Å². The van der Waals surface area contributed by atoms with Crippen LogP contribution in [0.3, 0.4) is 0 Å². The highest BCUT2D eigenvalue weighted by Gasteiger charge is 2.05. The highest BCUT2D eigenvalue weighted by molar-refractivity contribution is 5.30. The van der Waals surface area contributed by atoms with Crippen molar-refractivity contribution in [1.29, 1.82) is 0 Å². The first kappa shape index (κ1) is 13.3. The molecule has 0 saturated carbocycles. The van der Waals surface area contributed by atoms with E-state index >= 15 is 0 Å². The molecule has 3 N–H and O–H groups in total. The van der Waals surface area contributed by atoms with Crippen LogP contribution in [0.1, 0.15) is 25.2 Å². The van der Waals surface area contributed by atoms with Crippen LogP contribution in [0.15, 0.2) is 12.4 Å². The van der Waals surface area contributed by atoms with Gasteiger partial charge < -0.3 is 11.1 Å². The fraction of sp³-hybridized carbons (Fsp3) is 0.500.